The molecule has 1 aliphatic rings. The number of esters is 1. The Morgan fingerprint density at radius 3 is 2.42 bits per heavy atom. The van der Waals surface area contributed by atoms with Crippen LogP contribution in [0.15, 0.2) is 12.1 Å². The SMILES string of the molecule is COC(=O)c1cc(OC)c(OC(F)F)cc1NC(=O)CNC(=O)C1CC1. The lowest BCUT2D eigenvalue weighted by atomic mass is 10.1. The molecule has 1 aliphatic carbocycles. The van der Waals surface area contributed by atoms with Crippen molar-refractivity contribution in [2.24, 2.45) is 5.92 Å². The first kappa shape index (κ1) is 19.4. The van der Waals surface area contributed by atoms with E-state index in [1.165, 1.54) is 7.11 Å². The van der Waals surface area contributed by atoms with Gasteiger partial charge in [0, 0.05) is 18.1 Å². The summed E-state index contributed by atoms with van der Waals surface area (Å²) in [6.45, 7) is -3.46. The summed E-state index contributed by atoms with van der Waals surface area (Å²) < 4.78 is 39.0. The zero-order chi connectivity index (χ0) is 19.3. The highest BCUT2D eigenvalue weighted by Gasteiger charge is 2.29. The molecule has 0 aromatic heterocycles. The maximum atomic E-state index is 12.5. The largest absolute Gasteiger partial charge is 0.493 e. The number of halogens is 2. The molecule has 26 heavy (non-hydrogen) atoms. The second-order valence-electron chi connectivity index (χ2n) is 5.46. The fraction of sp³-hybridized carbons (Fsp3) is 0.438. The Labute approximate surface area is 147 Å². The summed E-state index contributed by atoms with van der Waals surface area (Å²) in [6, 6.07) is 2.14. The molecule has 2 rings (SSSR count). The van der Waals surface area contributed by atoms with Gasteiger partial charge in [-0.2, -0.15) is 8.78 Å². The van der Waals surface area contributed by atoms with Gasteiger partial charge >= 0.3 is 12.6 Å². The molecule has 142 valence electrons. The Kier molecular flexibility index (Phi) is 6.31. The quantitative estimate of drug-likeness (QED) is 0.671. The molecule has 0 spiro atoms. The molecule has 10 heteroatoms. The number of nitrogens with one attached hydrogen (secondary N) is 2. The molecule has 8 nitrogen and oxygen atoms in total. The topological polar surface area (TPSA) is 103 Å². The Morgan fingerprint density at radius 2 is 1.88 bits per heavy atom. The third kappa shape index (κ3) is 5.04. The van der Waals surface area contributed by atoms with Crippen LogP contribution in [0, 0.1) is 5.92 Å². The van der Waals surface area contributed by atoms with Crippen molar-refractivity contribution in [1.29, 1.82) is 0 Å². The molecule has 1 fully saturated rings. The Hall–Kier alpha value is -2.91. The van der Waals surface area contributed by atoms with Crippen LogP contribution in [-0.2, 0) is 14.3 Å². The highest BCUT2D eigenvalue weighted by molar-refractivity contribution is 6.03. The molecule has 0 saturated heterocycles. The van der Waals surface area contributed by atoms with Gasteiger partial charge in [0.2, 0.25) is 11.8 Å². The zero-order valence-corrected chi connectivity index (χ0v) is 14.1. The maximum Gasteiger partial charge on any atom is 0.387 e. The van der Waals surface area contributed by atoms with E-state index in [9.17, 15) is 23.2 Å². The number of methoxy groups -OCH3 is 2. The molecular formula is C16H18F2N2O6. The molecule has 0 heterocycles. The van der Waals surface area contributed by atoms with Gasteiger partial charge in [0.05, 0.1) is 32.0 Å². The van der Waals surface area contributed by atoms with E-state index in [0.717, 1.165) is 32.1 Å². The normalized spacial score (nSPS) is 13.1. The molecule has 0 aliphatic heterocycles. The number of benzene rings is 1. The molecule has 1 saturated carbocycles. The van der Waals surface area contributed by atoms with E-state index in [2.05, 4.69) is 20.1 Å². The molecule has 1 aromatic rings. The van der Waals surface area contributed by atoms with Crippen molar-refractivity contribution in [1.82, 2.24) is 5.32 Å². The van der Waals surface area contributed by atoms with E-state index in [1.807, 2.05) is 0 Å². The van der Waals surface area contributed by atoms with Crippen molar-refractivity contribution in [3.8, 4) is 11.5 Å². The van der Waals surface area contributed by atoms with Crippen LogP contribution >= 0.6 is 0 Å². The highest BCUT2D eigenvalue weighted by atomic mass is 19.3. The lowest BCUT2D eigenvalue weighted by Crippen LogP contribution is -2.34. The van der Waals surface area contributed by atoms with E-state index in [1.54, 1.807) is 0 Å². The van der Waals surface area contributed by atoms with E-state index in [-0.39, 0.29) is 41.1 Å². The Bertz CT molecular complexity index is 706. The van der Waals surface area contributed by atoms with Gasteiger partial charge in [0.15, 0.2) is 11.5 Å². The fourth-order valence-electron chi connectivity index (χ4n) is 2.14. The van der Waals surface area contributed by atoms with Crippen LogP contribution in [0.5, 0.6) is 11.5 Å². The predicted molar refractivity (Wildman–Crippen MR) is 85.3 cm³/mol. The first-order valence-electron chi connectivity index (χ1n) is 7.68. The zero-order valence-electron chi connectivity index (χ0n) is 14.1. The van der Waals surface area contributed by atoms with Crippen molar-refractivity contribution < 1.29 is 37.4 Å². The van der Waals surface area contributed by atoms with E-state index in [0.29, 0.717) is 0 Å². The van der Waals surface area contributed by atoms with Gasteiger partial charge in [-0.25, -0.2) is 4.79 Å². The van der Waals surface area contributed by atoms with Gasteiger partial charge in [0.25, 0.3) is 0 Å². The molecule has 0 radical (unpaired) electrons. The van der Waals surface area contributed by atoms with Crippen molar-refractivity contribution >= 4 is 23.5 Å². The average Bonchev–Trinajstić information content (AvgIpc) is 3.44. The standard InChI is InChI=1S/C16H18F2N2O6/c1-24-11-5-9(15(23)25-2)10(6-12(11)26-16(17)18)20-13(21)7-19-14(22)8-3-4-8/h5-6,8,16H,3-4,7H2,1-2H3,(H,19,22)(H,20,21). The number of hydrogen-bond acceptors (Lipinski definition) is 6. The molecule has 0 atom stereocenters. The predicted octanol–water partition coefficient (Wildman–Crippen LogP) is 1.55. The Balaban J connectivity index is 2.20. The van der Waals surface area contributed by atoms with E-state index in [4.69, 9.17) is 4.74 Å². The summed E-state index contributed by atoms with van der Waals surface area (Å²) >= 11 is 0. The molecule has 1 aromatic carbocycles. The Morgan fingerprint density at radius 1 is 1.19 bits per heavy atom. The molecule has 0 unspecified atom stereocenters. The average molecular weight is 372 g/mol. The van der Waals surface area contributed by atoms with Gasteiger partial charge in [0.1, 0.15) is 0 Å². The van der Waals surface area contributed by atoms with Crippen LogP contribution < -0.4 is 20.1 Å². The minimum Gasteiger partial charge on any atom is -0.493 e. The van der Waals surface area contributed by atoms with Gasteiger partial charge < -0.3 is 24.8 Å². The fourth-order valence-corrected chi connectivity index (χ4v) is 2.14. The summed E-state index contributed by atoms with van der Waals surface area (Å²) in [7, 11) is 2.33. The number of anilines is 1. The van der Waals surface area contributed by atoms with Gasteiger partial charge in [-0.15, -0.1) is 0 Å². The summed E-state index contributed by atoms with van der Waals surface area (Å²) in [4.78, 5) is 35.5. The van der Waals surface area contributed by atoms with Crippen LogP contribution in [0.3, 0.4) is 0 Å². The van der Waals surface area contributed by atoms with E-state index >= 15 is 0 Å². The van der Waals surface area contributed by atoms with Crippen LogP contribution in [0.2, 0.25) is 0 Å². The van der Waals surface area contributed by atoms with E-state index < -0.39 is 18.5 Å². The monoisotopic (exact) mass is 372 g/mol. The number of ether oxygens (including phenoxy) is 3. The minimum absolute atomic E-state index is 0.0690. The summed E-state index contributed by atoms with van der Waals surface area (Å²) in [5.74, 6) is -2.26. The number of carbonyl (C=O) groups is 3. The second-order valence-corrected chi connectivity index (χ2v) is 5.46. The first-order valence-corrected chi connectivity index (χ1v) is 7.68. The molecule has 2 amide bonds. The maximum absolute atomic E-state index is 12.5. The first-order chi connectivity index (χ1) is 12.3. The van der Waals surface area contributed by atoms with Crippen molar-refractivity contribution in [2.75, 3.05) is 26.1 Å². The van der Waals surface area contributed by atoms with Gasteiger partial charge in [-0.05, 0) is 12.8 Å². The number of carbonyl (C=O) groups excluding carboxylic acids is 3. The molecule has 0 bridgehead atoms. The summed E-state index contributed by atoms with van der Waals surface area (Å²) in [5.41, 5.74) is -0.230. The van der Waals surface area contributed by atoms with Crippen LogP contribution in [0.4, 0.5) is 14.5 Å². The van der Waals surface area contributed by atoms with Crippen LogP contribution in [0.25, 0.3) is 0 Å². The number of amides is 2. The lowest BCUT2D eigenvalue weighted by Gasteiger charge is -2.15. The number of alkyl halides is 2. The van der Waals surface area contributed by atoms with Gasteiger partial charge in [-0.1, -0.05) is 0 Å². The molecule has 2 N–H and O–H groups in total. The summed E-state index contributed by atoms with van der Waals surface area (Å²) in [6.07, 6.45) is 1.57. The highest BCUT2D eigenvalue weighted by Crippen LogP contribution is 2.35. The van der Waals surface area contributed by atoms with Crippen LogP contribution in [-0.4, -0.2) is 45.2 Å². The third-order valence-electron chi connectivity index (χ3n) is 3.57. The number of hydrogen-bond donors (Lipinski definition) is 2. The van der Waals surface area contributed by atoms with Crippen molar-refractivity contribution in [3.63, 3.8) is 0 Å². The van der Waals surface area contributed by atoms with Crippen LogP contribution in [0.1, 0.15) is 23.2 Å². The number of rotatable bonds is 8. The molecular weight excluding hydrogens is 354 g/mol. The minimum atomic E-state index is -3.13. The summed E-state index contributed by atoms with van der Waals surface area (Å²) in [5, 5.41) is 4.82. The van der Waals surface area contributed by atoms with Gasteiger partial charge in [-0.3, -0.25) is 9.59 Å². The van der Waals surface area contributed by atoms with Crippen molar-refractivity contribution in [3.05, 3.63) is 17.7 Å². The third-order valence-corrected chi connectivity index (χ3v) is 3.57. The second kappa shape index (κ2) is 8.45. The smallest absolute Gasteiger partial charge is 0.387 e. The lowest BCUT2D eigenvalue weighted by molar-refractivity contribution is -0.125. The van der Waals surface area contributed by atoms with Crippen molar-refractivity contribution in [2.45, 2.75) is 19.5 Å².